The van der Waals surface area contributed by atoms with Crippen molar-refractivity contribution in [2.24, 2.45) is 0 Å². The Bertz CT molecular complexity index is 1620. The lowest BCUT2D eigenvalue weighted by Gasteiger charge is -2.33. The summed E-state index contributed by atoms with van der Waals surface area (Å²) < 4.78 is 61.8. The summed E-state index contributed by atoms with van der Waals surface area (Å²) in [6.45, 7) is 1.10. The van der Waals surface area contributed by atoms with Crippen LogP contribution < -0.4 is 20.7 Å². The van der Waals surface area contributed by atoms with Crippen LogP contribution in [0.2, 0.25) is 0 Å². The van der Waals surface area contributed by atoms with E-state index in [1.165, 1.54) is 17.4 Å². The van der Waals surface area contributed by atoms with Crippen molar-refractivity contribution in [3.8, 4) is 23.7 Å². The number of benzene rings is 2. The van der Waals surface area contributed by atoms with Crippen LogP contribution in [0, 0.1) is 29.0 Å². The number of hydrogen-bond donors (Lipinski definition) is 4. The number of rotatable bonds is 12. The quantitative estimate of drug-likeness (QED) is 0.161. The van der Waals surface area contributed by atoms with Crippen molar-refractivity contribution < 1.29 is 32.2 Å². The zero-order valence-corrected chi connectivity index (χ0v) is 26.4. The number of halogens is 4. The zero-order chi connectivity index (χ0) is 33.3. The van der Waals surface area contributed by atoms with Gasteiger partial charge in [-0.15, -0.1) is 11.3 Å². The number of aliphatic hydroxyl groups excluding tert-OH is 1. The second-order valence-electron chi connectivity index (χ2n) is 11.0. The third-order valence-corrected chi connectivity index (χ3v) is 8.41. The Morgan fingerprint density at radius 2 is 1.93 bits per heavy atom. The number of alkyl halides is 3. The maximum atomic E-state index is 14.6. The van der Waals surface area contributed by atoms with Crippen molar-refractivity contribution >= 4 is 44.4 Å². The molecule has 0 radical (unpaired) electrons. The Hall–Kier alpha value is -4.24. The van der Waals surface area contributed by atoms with Gasteiger partial charge in [-0.2, -0.15) is 18.4 Å². The number of aliphatic hydroxyl groups is 1. The smallest absolute Gasteiger partial charge is 0.393 e. The molecule has 1 saturated heterocycles. The van der Waals surface area contributed by atoms with E-state index in [4.69, 9.17) is 15.1 Å². The van der Waals surface area contributed by atoms with Crippen LogP contribution in [-0.4, -0.2) is 93.1 Å². The minimum absolute atomic E-state index is 0.0400. The van der Waals surface area contributed by atoms with E-state index in [2.05, 4.69) is 27.8 Å². The maximum absolute atomic E-state index is 14.6. The lowest BCUT2D eigenvalue weighted by Crippen LogP contribution is -2.45. The fourth-order valence-corrected chi connectivity index (χ4v) is 6.31. The standard InChI is InChI=1S/C32H36F4N6O3S/c1-41(2)20-30(44)42-13-8-21(9-14-42)40-25-6-3-5-22-23(19-32(34,35)36)29(46-31(22)25)7-4-11-38-27-17-24(33)26(39-12-15-43)18-28(27)45-16-10-37/h3,5-6,17-18,21,38-40,43H,8-9,11-16,19-20H2,1-2H3. The number of hydrogen-bond acceptors (Lipinski definition) is 9. The lowest BCUT2D eigenvalue weighted by molar-refractivity contribution is -0.132. The normalized spacial score (nSPS) is 13.7. The number of piperidine rings is 1. The number of thiophene rings is 1. The van der Waals surface area contributed by atoms with Crippen molar-refractivity contribution in [3.05, 3.63) is 46.6 Å². The molecule has 246 valence electrons. The van der Waals surface area contributed by atoms with E-state index in [1.54, 1.807) is 12.1 Å². The van der Waals surface area contributed by atoms with E-state index in [1.807, 2.05) is 36.0 Å². The average molecular weight is 661 g/mol. The molecule has 0 unspecified atom stereocenters. The highest BCUT2D eigenvalue weighted by Gasteiger charge is 2.31. The number of likely N-dealkylation sites (N-methyl/N-ethyl adjacent to an activating group) is 1. The van der Waals surface area contributed by atoms with Gasteiger partial charge in [0.05, 0.1) is 52.8 Å². The van der Waals surface area contributed by atoms with Gasteiger partial charge in [0, 0.05) is 37.8 Å². The predicted octanol–water partition coefficient (Wildman–Crippen LogP) is 4.88. The molecule has 2 aromatic carbocycles. The first-order valence-electron chi connectivity index (χ1n) is 14.7. The molecule has 1 amide bonds. The highest BCUT2D eigenvalue weighted by molar-refractivity contribution is 7.20. The second-order valence-corrected chi connectivity index (χ2v) is 12.0. The van der Waals surface area contributed by atoms with Gasteiger partial charge < -0.3 is 35.6 Å². The summed E-state index contributed by atoms with van der Waals surface area (Å²) in [5, 5.41) is 27.5. The number of likely N-dealkylation sites (tertiary alicyclic amines) is 1. The fourth-order valence-electron chi connectivity index (χ4n) is 5.14. The number of anilines is 3. The molecule has 0 bridgehead atoms. The third-order valence-electron chi connectivity index (χ3n) is 7.21. The molecule has 4 rings (SSSR count). The number of ether oxygens (including phenoxy) is 1. The highest BCUT2D eigenvalue weighted by Crippen LogP contribution is 2.39. The number of nitrogens with one attached hydrogen (secondary N) is 3. The van der Waals surface area contributed by atoms with Gasteiger partial charge in [-0.3, -0.25) is 4.79 Å². The second kappa shape index (κ2) is 15.9. The van der Waals surface area contributed by atoms with Crippen LogP contribution in [-0.2, 0) is 11.2 Å². The van der Waals surface area contributed by atoms with Crippen molar-refractivity contribution in [1.29, 1.82) is 5.26 Å². The van der Waals surface area contributed by atoms with Crippen LogP contribution in [0.15, 0.2) is 30.3 Å². The molecule has 3 aromatic rings. The van der Waals surface area contributed by atoms with Crippen molar-refractivity contribution in [3.63, 3.8) is 0 Å². The lowest BCUT2D eigenvalue weighted by atomic mass is 10.0. The third kappa shape index (κ3) is 9.39. The topological polar surface area (TPSA) is 113 Å². The SMILES string of the molecule is CN(C)CC(=O)N1CCC(Nc2cccc3c(CC(F)(F)F)c(C#CCNc4cc(F)c(NCCO)cc4OCC#N)sc23)CC1. The maximum Gasteiger partial charge on any atom is 0.393 e. The molecule has 0 saturated carbocycles. The number of fused-ring (bicyclic) bond motifs is 1. The summed E-state index contributed by atoms with van der Waals surface area (Å²) in [4.78, 5) is 16.4. The van der Waals surface area contributed by atoms with E-state index >= 15 is 0 Å². The van der Waals surface area contributed by atoms with Gasteiger partial charge in [0.25, 0.3) is 0 Å². The number of nitrogens with zero attached hydrogens (tertiary/aromatic N) is 3. The van der Waals surface area contributed by atoms with E-state index in [9.17, 15) is 22.4 Å². The first-order chi connectivity index (χ1) is 22.0. The molecule has 1 aliphatic heterocycles. The van der Waals surface area contributed by atoms with Crippen LogP contribution in [0.5, 0.6) is 5.75 Å². The number of carbonyl (C=O) groups excluding carboxylic acids is 1. The summed E-state index contributed by atoms with van der Waals surface area (Å²) in [6.07, 6.45) is -4.16. The molecule has 14 heteroatoms. The van der Waals surface area contributed by atoms with E-state index in [-0.39, 0.29) is 65.8 Å². The van der Waals surface area contributed by atoms with Crippen molar-refractivity contribution in [2.75, 3.05) is 76.0 Å². The summed E-state index contributed by atoms with van der Waals surface area (Å²) in [7, 11) is 3.69. The number of nitriles is 1. The van der Waals surface area contributed by atoms with Crippen LogP contribution in [0.3, 0.4) is 0 Å². The van der Waals surface area contributed by atoms with Crippen molar-refractivity contribution in [2.45, 2.75) is 31.5 Å². The van der Waals surface area contributed by atoms with Gasteiger partial charge in [0.2, 0.25) is 5.91 Å². The van der Waals surface area contributed by atoms with Crippen LogP contribution >= 0.6 is 11.3 Å². The zero-order valence-electron chi connectivity index (χ0n) is 25.6. The Labute approximate surface area is 269 Å². The fraction of sp³-hybridized carbons (Fsp3) is 0.438. The Morgan fingerprint density at radius 3 is 2.61 bits per heavy atom. The molecule has 0 aliphatic carbocycles. The first-order valence-corrected chi connectivity index (χ1v) is 15.5. The minimum atomic E-state index is -4.45. The van der Waals surface area contributed by atoms with Crippen LogP contribution in [0.25, 0.3) is 10.1 Å². The molecule has 0 atom stereocenters. The van der Waals surface area contributed by atoms with Gasteiger partial charge >= 0.3 is 6.18 Å². The minimum Gasteiger partial charge on any atom is -0.477 e. The van der Waals surface area contributed by atoms with Gasteiger partial charge in [0.15, 0.2) is 6.61 Å². The van der Waals surface area contributed by atoms with E-state index < -0.39 is 18.4 Å². The van der Waals surface area contributed by atoms with Gasteiger partial charge in [-0.05, 0) is 44.0 Å². The molecule has 4 N–H and O–H groups in total. The largest absolute Gasteiger partial charge is 0.477 e. The molecule has 46 heavy (non-hydrogen) atoms. The Kier molecular flexibility index (Phi) is 11.9. The summed E-state index contributed by atoms with van der Waals surface area (Å²) in [6, 6.07) is 9.64. The summed E-state index contributed by atoms with van der Waals surface area (Å²) in [5.74, 6) is 5.34. The van der Waals surface area contributed by atoms with Crippen molar-refractivity contribution in [1.82, 2.24) is 9.80 Å². The summed E-state index contributed by atoms with van der Waals surface area (Å²) >= 11 is 1.18. The number of carbonyl (C=O) groups is 1. The van der Waals surface area contributed by atoms with Gasteiger partial charge in [-0.25, -0.2) is 4.39 Å². The molecule has 1 fully saturated rings. The monoisotopic (exact) mass is 660 g/mol. The van der Waals surface area contributed by atoms with E-state index in [0.29, 0.717) is 42.6 Å². The van der Waals surface area contributed by atoms with Gasteiger partial charge in [-0.1, -0.05) is 24.0 Å². The molecule has 9 nitrogen and oxygen atoms in total. The molecule has 0 spiro atoms. The first kappa shape index (κ1) is 34.6. The highest BCUT2D eigenvalue weighted by atomic mass is 32.1. The molecule has 2 heterocycles. The Morgan fingerprint density at radius 1 is 1.17 bits per heavy atom. The van der Waals surface area contributed by atoms with E-state index in [0.717, 1.165) is 11.8 Å². The predicted molar refractivity (Wildman–Crippen MR) is 172 cm³/mol. The van der Waals surface area contributed by atoms with Gasteiger partial charge in [0.1, 0.15) is 17.6 Å². The molecular weight excluding hydrogens is 624 g/mol. The van der Waals surface area contributed by atoms with Crippen LogP contribution in [0.4, 0.5) is 34.6 Å². The molecule has 1 aromatic heterocycles. The summed E-state index contributed by atoms with van der Waals surface area (Å²) in [5.41, 5.74) is 1.11. The Balaban J connectivity index is 1.53. The molecular formula is C32H36F4N6O3S. The number of amides is 1. The van der Waals surface area contributed by atoms with Crippen LogP contribution in [0.1, 0.15) is 23.3 Å². The molecule has 1 aliphatic rings. The average Bonchev–Trinajstić information content (AvgIpc) is 3.34.